The molecule has 2 aromatic carbocycles. The van der Waals surface area contributed by atoms with Gasteiger partial charge < -0.3 is 29.2 Å². The van der Waals surface area contributed by atoms with E-state index in [9.17, 15) is 10.2 Å². The van der Waals surface area contributed by atoms with Crippen LogP contribution >= 0.6 is 0 Å². The maximum Gasteiger partial charge on any atom is 0.161 e. The lowest BCUT2D eigenvalue weighted by molar-refractivity contribution is 0.0191. The molecule has 2 aliphatic heterocycles. The van der Waals surface area contributed by atoms with Gasteiger partial charge in [-0.3, -0.25) is 0 Å². The predicted octanol–water partition coefficient (Wildman–Crippen LogP) is 3.19. The number of rotatable bonds is 4. The lowest BCUT2D eigenvalue weighted by atomic mass is 9.85. The molecule has 2 N–H and O–H groups in total. The highest BCUT2D eigenvalue weighted by Crippen LogP contribution is 2.51. The number of methoxy groups -OCH3 is 2. The third-order valence-corrected chi connectivity index (χ3v) is 5.33. The molecule has 2 aromatic rings. The monoisotopic (exact) mass is 358 g/mol. The Hall–Kier alpha value is -2.44. The van der Waals surface area contributed by atoms with E-state index in [4.69, 9.17) is 18.9 Å². The van der Waals surface area contributed by atoms with Gasteiger partial charge in [0.25, 0.3) is 0 Å². The number of aromatic hydroxyl groups is 2. The van der Waals surface area contributed by atoms with Crippen LogP contribution in [0.5, 0.6) is 23.0 Å². The molecular weight excluding hydrogens is 336 g/mol. The number of phenols is 2. The number of benzene rings is 2. The van der Waals surface area contributed by atoms with Gasteiger partial charge in [0.2, 0.25) is 0 Å². The van der Waals surface area contributed by atoms with E-state index in [1.807, 2.05) is 18.2 Å². The van der Waals surface area contributed by atoms with Crippen LogP contribution in [0.2, 0.25) is 0 Å². The molecule has 0 radical (unpaired) electrons. The summed E-state index contributed by atoms with van der Waals surface area (Å²) in [6.07, 6.45) is -0.229. The highest BCUT2D eigenvalue weighted by atomic mass is 16.5. The molecule has 0 saturated carbocycles. The SMILES string of the molecule is COc1ccc([C@H]2OC[C@H]3[C@@H]2CO[C@@H]3c2ccc(O)c(O)c2)cc1OC. The highest BCUT2D eigenvalue weighted by molar-refractivity contribution is 5.44. The number of hydrogen-bond acceptors (Lipinski definition) is 6. The van der Waals surface area contributed by atoms with E-state index in [1.165, 1.54) is 6.07 Å². The summed E-state index contributed by atoms with van der Waals surface area (Å²) in [5, 5.41) is 19.3. The fourth-order valence-corrected chi connectivity index (χ4v) is 3.98. The third-order valence-electron chi connectivity index (χ3n) is 5.33. The second-order valence-electron chi connectivity index (χ2n) is 6.70. The molecule has 6 nitrogen and oxygen atoms in total. The van der Waals surface area contributed by atoms with Gasteiger partial charge in [0.15, 0.2) is 23.0 Å². The zero-order valence-electron chi connectivity index (χ0n) is 14.7. The van der Waals surface area contributed by atoms with Crippen molar-refractivity contribution in [2.24, 2.45) is 11.8 Å². The lowest BCUT2D eigenvalue weighted by Crippen LogP contribution is -2.14. The number of fused-ring (bicyclic) bond motifs is 1. The smallest absolute Gasteiger partial charge is 0.161 e. The Labute approximate surface area is 151 Å². The van der Waals surface area contributed by atoms with Crippen molar-refractivity contribution in [2.45, 2.75) is 12.2 Å². The van der Waals surface area contributed by atoms with E-state index >= 15 is 0 Å². The van der Waals surface area contributed by atoms with Crippen LogP contribution in [0.4, 0.5) is 0 Å². The van der Waals surface area contributed by atoms with Crippen LogP contribution in [0.1, 0.15) is 23.3 Å². The minimum absolute atomic E-state index is 0.0736. The summed E-state index contributed by atoms with van der Waals surface area (Å²) in [4.78, 5) is 0. The van der Waals surface area contributed by atoms with E-state index < -0.39 is 0 Å². The first kappa shape index (κ1) is 17.0. The van der Waals surface area contributed by atoms with Gasteiger partial charge >= 0.3 is 0 Å². The largest absolute Gasteiger partial charge is 0.504 e. The predicted molar refractivity (Wildman–Crippen MR) is 93.7 cm³/mol. The van der Waals surface area contributed by atoms with Gasteiger partial charge in [0.1, 0.15) is 0 Å². The molecule has 6 heteroatoms. The van der Waals surface area contributed by atoms with Crippen molar-refractivity contribution in [1.29, 1.82) is 0 Å². The second kappa shape index (κ2) is 6.70. The molecule has 4 atom stereocenters. The minimum Gasteiger partial charge on any atom is -0.504 e. The van der Waals surface area contributed by atoms with Crippen LogP contribution in [0, 0.1) is 11.8 Å². The van der Waals surface area contributed by atoms with E-state index in [2.05, 4.69) is 0 Å². The van der Waals surface area contributed by atoms with Crippen LogP contribution in [0.25, 0.3) is 0 Å². The maximum atomic E-state index is 9.78. The van der Waals surface area contributed by atoms with E-state index in [-0.39, 0.29) is 35.5 Å². The van der Waals surface area contributed by atoms with Crippen LogP contribution in [-0.2, 0) is 9.47 Å². The summed E-state index contributed by atoms with van der Waals surface area (Å²) >= 11 is 0. The minimum atomic E-state index is -0.156. The molecule has 0 aromatic heterocycles. The topological polar surface area (TPSA) is 77.4 Å². The van der Waals surface area contributed by atoms with Gasteiger partial charge in [-0.2, -0.15) is 0 Å². The van der Waals surface area contributed by atoms with Crippen molar-refractivity contribution in [3.05, 3.63) is 47.5 Å². The van der Waals surface area contributed by atoms with Crippen LogP contribution in [0.15, 0.2) is 36.4 Å². The first-order chi connectivity index (χ1) is 12.6. The fourth-order valence-electron chi connectivity index (χ4n) is 3.98. The van der Waals surface area contributed by atoms with Gasteiger partial charge in [0, 0.05) is 11.8 Å². The van der Waals surface area contributed by atoms with Crippen LogP contribution < -0.4 is 9.47 Å². The second-order valence-corrected chi connectivity index (χ2v) is 6.70. The Balaban J connectivity index is 1.57. The van der Waals surface area contributed by atoms with Gasteiger partial charge in [-0.15, -0.1) is 0 Å². The Kier molecular flexibility index (Phi) is 4.38. The molecule has 0 bridgehead atoms. The molecule has 0 spiro atoms. The van der Waals surface area contributed by atoms with Gasteiger partial charge in [-0.25, -0.2) is 0 Å². The standard InChI is InChI=1S/C20H22O6/c1-23-17-6-4-12(8-18(17)24-2)20-14-10-25-19(13(14)9-26-20)11-3-5-15(21)16(22)7-11/h3-8,13-14,19-22H,9-10H2,1-2H3/t13-,14-,19+,20+/m0/s1. The summed E-state index contributed by atoms with van der Waals surface area (Å²) in [5.74, 6) is 1.51. The zero-order valence-corrected chi connectivity index (χ0v) is 14.7. The first-order valence-electron chi connectivity index (χ1n) is 8.59. The molecule has 0 aliphatic carbocycles. The number of ether oxygens (including phenoxy) is 4. The summed E-state index contributed by atoms with van der Waals surface area (Å²) < 4.78 is 22.8. The van der Waals surface area contributed by atoms with E-state index in [0.717, 1.165) is 11.1 Å². The van der Waals surface area contributed by atoms with Crippen molar-refractivity contribution < 1.29 is 29.2 Å². The molecule has 2 aliphatic rings. The van der Waals surface area contributed by atoms with Crippen molar-refractivity contribution in [1.82, 2.24) is 0 Å². The molecule has 2 fully saturated rings. The van der Waals surface area contributed by atoms with E-state index in [1.54, 1.807) is 26.4 Å². The van der Waals surface area contributed by atoms with Gasteiger partial charge in [-0.05, 0) is 35.4 Å². The van der Waals surface area contributed by atoms with Crippen molar-refractivity contribution in [2.75, 3.05) is 27.4 Å². The normalized spacial score (nSPS) is 27.3. The zero-order chi connectivity index (χ0) is 18.3. The average molecular weight is 358 g/mol. The first-order valence-corrected chi connectivity index (χ1v) is 8.59. The molecule has 2 heterocycles. The maximum absolute atomic E-state index is 9.78. The lowest BCUT2D eigenvalue weighted by Gasteiger charge is -2.18. The van der Waals surface area contributed by atoms with Crippen molar-refractivity contribution in [3.8, 4) is 23.0 Å². The van der Waals surface area contributed by atoms with Gasteiger partial charge in [-0.1, -0.05) is 12.1 Å². The number of phenolic OH excluding ortho intramolecular Hbond substituents is 2. The molecular formula is C20H22O6. The summed E-state index contributed by atoms with van der Waals surface area (Å²) in [5.41, 5.74) is 1.89. The highest BCUT2D eigenvalue weighted by Gasteiger charge is 2.48. The quantitative estimate of drug-likeness (QED) is 0.818. The van der Waals surface area contributed by atoms with Crippen molar-refractivity contribution >= 4 is 0 Å². The molecule has 4 rings (SSSR count). The Bertz CT molecular complexity index is 805. The van der Waals surface area contributed by atoms with Gasteiger partial charge in [0.05, 0.1) is 39.6 Å². The van der Waals surface area contributed by atoms with Crippen LogP contribution in [-0.4, -0.2) is 37.6 Å². The molecule has 26 heavy (non-hydrogen) atoms. The molecule has 0 amide bonds. The third kappa shape index (κ3) is 2.75. The fraction of sp³-hybridized carbons (Fsp3) is 0.400. The summed E-state index contributed by atoms with van der Waals surface area (Å²) in [6.45, 7) is 1.16. The summed E-state index contributed by atoms with van der Waals surface area (Å²) in [7, 11) is 3.23. The van der Waals surface area contributed by atoms with Crippen molar-refractivity contribution in [3.63, 3.8) is 0 Å². The van der Waals surface area contributed by atoms with Crippen LogP contribution in [0.3, 0.4) is 0 Å². The Morgan fingerprint density at radius 2 is 1.35 bits per heavy atom. The molecule has 0 unspecified atom stereocenters. The average Bonchev–Trinajstić information content (AvgIpc) is 3.25. The molecule has 138 valence electrons. The summed E-state index contributed by atoms with van der Waals surface area (Å²) in [6, 6.07) is 10.7. The Morgan fingerprint density at radius 1 is 0.769 bits per heavy atom. The Morgan fingerprint density at radius 3 is 1.92 bits per heavy atom. The molecule has 2 saturated heterocycles. The number of hydrogen-bond donors (Lipinski definition) is 2. The van der Waals surface area contributed by atoms with E-state index in [0.29, 0.717) is 24.7 Å².